The molecule has 0 saturated carbocycles. The first kappa shape index (κ1) is 45.3. The van der Waals surface area contributed by atoms with Crippen molar-refractivity contribution >= 4 is 41.8 Å². The van der Waals surface area contributed by atoms with Crippen molar-refractivity contribution in [2.45, 2.75) is 64.1 Å². The number of aromatic carboxylic acids is 2. The smallest absolute Gasteiger partial charge is 0.335 e. The Morgan fingerprint density at radius 1 is 0.558 bits per heavy atom. The summed E-state index contributed by atoms with van der Waals surface area (Å²) in [6.07, 6.45) is -1.32. The van der Waals surface area contributed by atoms with Crippen LogP contribution in [0, 0.1) is 0 Å². The molecule has 0 saturated heterocycles. The number of hydrogen-bond acceptors (Lipinski definition) is 11. The topological polar surface area (TPSA) is 342 Å². The molecule has 0 aliphatic rings. The minimum absolute atomic E-state index is 0.0628. The van der Waals surface area contributed by atoms with Crippen LogP contribution in [0.4, 0.5) is 0 Å². The molecule has 0 spiro atoms. The second-order valence-corrected chi connectivity index (χ2v) is 7.80. The molecule has 0 bridgehead atoms. The number of unbranched alkanes of at least 4 members (excludes halogenated alkanes) is 2. The molecule has 18 nitrogen and oxygen atoms in total. The van der Waals surface area contributed by atoms with E-state index in [4.69, 9.17) is 56.2 Å². The fraction of sp³-hybridized carbons (Fsp3) is 0.480. The van der Waals surface area contributed by atoms with Crippen molar-refractivity contribution in [2.24, 2.45) is 0 Å². The predicted molar refractivity (Wildman–Crippen MR) is 143 cm³/mol. The van der Waals surface area contributed by atoms with Crippen molar-refractivity contribution in [1.29, 1.82) is 0 Å². The predicted octanol–water partition coefficient (Wildman–Crippen LogP) is -0.0914. The van der Waals surface area contributed by atoms with Crippen LogP contribution in [-0.4, -0.2) is 123 Å². The molecule has 0 aromatic heterocycles. The van der Waals surface area contributed by atoms with E-state index in [2.05, 4.69) is 0 Å². The van der Waals surface area contributed by atoms with Crippen molar-refractivity contribution in [3.05, 3.63) is 35.4 Å². The Labute approximate surface area is 244 Å². The van der Waals surface area contributed by atoms with Crippen molar-refractivity contribution in [3.63, 3.8) is 0 Å². The number of aliphatic hydroxyl groups is 4. The number of aliphatic carboxylic acids is 5. The maximum absolute atomic E-state index is 10.3. The monoisotopic (exact) mass is 626 g/mol. The van der Waals surface area contributed by atoms with Crippen LogP contribution >= 0.6 is 0 Å². The summed E-state index contributed by atoms with van der Waals surface area (Å²) in [4.78, 5) is 69.3. The summed E-state index contributed by atoms with van der Waals surface area (Å²) in [5, 5.41) is 89.3. The quantitative estimate of drug-likeness (QED) is 0.120. The van der Waals surface area contributed by atoms with Gasteiger partial charge in [0, 0.05) is 26.1 Å². The van der Waals surface area contributed by atoms with Gasteiger partial charge in [-0.05, 0) is 56.9 Å². The van der Waals surface area contributed by atoms with Crippen molar-refractivity contribution in [3.8, 4) is 0 Å². The summed E-state index contributed by atoms with van der Waals surface area (Å²) in [7, 11) is 0. The molecule has 0 heterocycles. The van der Waals surface area contributed by atoms with E-state index in [0.29, 0.717) is 12.8 Å². The fourth-order valence-electron chi connectivity index (χ4n) is 1.78. The third kappa shape index (κ3) is 37.4. The number of carbonyl (C=O) groups is 7. The summed E-state index contributed by atoms with van der Waals surface area (Å²) < 4.78 is 0. The highest BCUT2D eigenvalue weighted by atomic mass is 16.4. The second-order valence-electron chi connectivity index (χ2n) is 7.80. The summed E-state index contributed by atoms with van der Waals surface area (Å²) in [6.45, 7) is 1.59. The molecule has 0 aliphatic heterocycles. The van der Waals surface area contributed by atoms with Gasteiger partial charge in [-0.15, -0.1) is 0 Å². The molecule has 0 radical (unpaired) electrons. The van der Waals surface area contributed by atoms with E-state index in [1.54, 1.807) is 0 Å². The van der Waals surface area contributed by atoms with Crippen molar-refractivity contribution in [2.75, 3.05) is 13.2 Å². The number of hydrogen-bond donors (Lipinski definition) is 11. The summed E-state index contributed by atoms with van der Waals surface area (Å²) in [5.41, 5.74) is 0.167. The van der Waals surface area contributed by atoms with Crippen LogP contribution in [0.25, 0.3) is 0 Å². The highest BCUT2D eigenvalue weighted by Crippen LogP contribution is 2.03. The first-order valence-electron chi connectivity index (χ1n) is 12.1. The van der Waals surface area contributed by atoms with Gasteiger partial charge in [0.2, 0.25) is 0 Å². The van der Waals surface area contributed by atoms with E-state index in [0.717, 1.165) is 12.8 Å². The van der Waals surface area contributed by atoms with Gasteiger partial charge < -0.3 is 56.2 Å². The second kappa shape index (κ2) is 28.9. The van der Waals surface area contributed by atoms with Crippen molar-refractivity contribution < 1.29 is 89.7 Å². The van der Waals surface area contributed by atoms with Gasteiger partial charge in [0.15, 0.2) is 6.10 Å². The Hall–Kier alpha value is -4.65. The zero-order valence-electron chi connectivity index (χ0n) is 23.1. The maximum Gasteiger partial charge on any atom is 0.335 e. The van der Waals surface area contributed by atoms with Gasteiger partial charge in [-0.3, -0.25) is 14.4 Å². The Bertz CT molecular complexity index is 918. The maximum atomic E-state index is 10.3. The molecule has 43 heavy (non-hydrogen) atoms. The Morgan fingerprint density at radius 2 is 0.860 bits per heavy atom. The average molecular weight is 627 g/mol. The number of carboxylic acids is 7. The van der Waals surface area contributed by atoms with Gasteiger partial charge in [-0.2, -0.15) is 0 Å². The van der Waals surface area contributed by atoms with Gasteiger partial charge >= 0.3 is 41.8 Å². The molecular weight excluding hydrogens is 588 g/mol. The molecular formula is C25H38O18. The SMILES string of the molecule is CC(O)C(=O)O.O=C(O)CC(O)C(=O)O.O=C(O)CCCCC(=O)O.O=C(O)c1ccc(C(=O)O)cc1.OCCCCO. The summed E-state index contributed by atoms with van der Waals surface area (Å²) >= 11 is 0. The molecule has 0 fully saturated rings. The summed E-state index contributed by atoms with van der Waals surface area (Å²) in [5.74, 6) is -7.90. The lowest BCUT2D eigenvalue weighted by Gasteiger charge is -1.97. The van der Waals surface area contributed by atoms with E-state index in [-0.39, 0.29) is 37.2 Å². The highest BCUT2D eigenvalue weighted by molar-refractivity contribution is 5.91. The normalized spacial score (nSPS) is 10.5. The molecule has 1 aromatic rings. The zero-order chi connectivity index (χ0) is 34.5. The Kier molecular flexibility index (Phi) is 30.4. The first-order chi connectivity index (χ1) is 19.8. The Morgan fingerprint density at radius 3 is 1.00 bits per heavy atom. The summed E-state index contributed by atoms with van der Waals surface area (Å²) in [6, 6.07) is 5.02. The van der Waals surface area contributed by atoms with E-state index in [1.807, 2.05) is 0 Å². The molecule has 11 N–H and O–H groups in total. The van der Waals surface area contributed by atoms with Gasteiger partial charge in [0.05, 0.1) is 17.5 Å². The van der Waals surface area contributed by atoms with Gasteiger partial charge in [0.1, 0.15) is 6.10 Å². The van der Waals surface area contributed by atoms with E-state index in [1.165, 1.54) is 31.2 Å². The lowest BCUT2D eigenvalue weighted by molar-refractivity contribution is -0.152. The van der Waals surface area contributed by atoms with Gasteiger partial charge in [-0.25, -0.2) is 19.2 Å². The zero-order valence-corrected chi connectivity index (χ0v) is 23.1. The highest BCUT2D eigenvalue weighted by Gasteiger charge is 2.16. The van der Waals surface area contributed by atoms with E-state index >= 15 is 0 Å². The molecule has 2 atom stereocenters. The first-order valence-corrected chi connectivity index (χ1v) is 12.1. The average Bonchev–Trinajstić information content (AvgIpc) is 2.90. The number of carboxylic acid groups (broad SMARTS) is 7. The van der Waals surface area contributed by atoms with Crippen molar-refractivity contribution in [1.82, 2.24) is 0 Å². The van der Waals surface area contributed by atoms with Gasteiger partial charge in [0.25, 0.3) is 0 Å². The molecule has 1 rings (SSSR count). The lowest BCUT2D eigenvalue weighted by atomic mass is 10.1. The Balaban J connectivity index is -0.000000227. The fourth-order valence-corrected chi connectivity index (χ4v) is 1.78. The van der Waals surface area contributed by atoms with E-state index in [9.17, 15) is 33.6 Å². The molecule has 0 aliphatic carbocycles. The van der Waals surface area contributed by atoms with Crippen LogP contribution < -0.4 is 0 Å². The third-order valence-corrected chi connectivity index (χ3v) is 3.99. The molecule has 18 heteroatoms. The van der Waals surface area contributed by atoms with Crippen LogP contribution in [0.1, 0.15) is 72.6 Å². The minimum atomic E-state index is -1.79. The number of rotatable bonds is 14. The largest absolute Gasteiger partial charge is 0.481 e. The van der Waals surface area contributed by atoms with Crippen LogP contribution in [-0.2, 0) is 24.0 Å². The van der Waals surface area contributed by atoms with Crippen LogP contribution in [0.3, 0.4) is 0 Å². The third-order valence-electron chi connectivity index (χ3n) is 3.99. The molecule has 1 aromatic carbocycles. The number of benzene rings is 1. The lowest BCUT2D eigenvalue weighted by Crippen LogP contribution is -2.22. The number of aliphatic hydroxyl groups excluding tert-OH is 4. The van der Waals surface area contributed by atoms with E-state index < -0.39 is 60.4 Å². The molecule has 246 valence electrons. The minimum Gasteiger partial charge on any atom is -0.481 e. The standard InChI is InChI=1S/C8H6O4.C6H10O4.C4H6O5.C4H10O2.C3H6O3/c9-7(10)5-1-2-6(4-3-5)8(11)12;7-5(8)3-1-2-4-6(9)10;5-2(4(8)9)1-3(6)7;5-3-1-2-4-6;1-2(4)3(5)6/h1-4H,(H,9,10)(H,11,12);1-4H2,(H,7,8)(H,9,10);2,5H,1H2,(H,6,7)(H,8,9);5-6H,1-4H2;2,4H,1H3,(H,5,6). The van der Waals surface area contributed by atoms with Crippen LogP contribution in [0.5, 0.6) is 0 Å². The van der Waals surface area contributed by atoms with Crippen LogP contribution in [0.2, 0.25) is 0 Å². The van der Waals surface area contributed by atoms with Gasteiger partial charge in [-0.1, -0.05) is 0 Å². The molecule has 0 amide bonds. The molecule has 2 unspecified atom stereocenters. The van der Waals surface area contributed by atoms with Crippen LogP contribution in [0.15, 0.2) is 24.3 Å².